The number of rotatable bonds is 6. The molecule has 0 saturated heterocycles. The van der Waals surface area contributed by atoms with Gasteiger partial charge in [0.1, 0.15) is 5.41 Å². The molecule has 3 atom stereocenters. The highest BCUT2D eigenvalue weighted by atomic mass is 35.5. The van der Waals surface area contributed by atoms with Gasteiger partial charge in [0.2, 0.25) is 0 Å². The van der Waals surface area contributed by atoms with Crippen molar-refractivity contribution in [3.63, 3.8) is 0 Å². The molecule has 0 spiro atoms. The lowest BCUT2D eigenvalue weighted by atomic mass is 10.0. The van der Waals surface area contributed by atoms with Crippen LogP contribution in [-0.2, 0) is 14.6 Å². The Kier molecular flexibility index (Phi) is 5.32. The molecule has 2 aromatic carbocycles. The maximum Gasteiger partial charge on any atom is 0.183 e. The van der Waals surface area contributed by atoms with Crippen molar-refractivity contribution in [1.82, 2.24) is 0 Å². The predicted octanol–water partition coefficient (Wildman–Crippen LogP) is 4.48. The van der Waals surface area contributed by atoms with E-state index < -0.39 is 26.4 Å². The average Bonchev–Trinajstić information content (AvgIpc) is 3.31. The maximum absolute atomic E-state index is 13.2. The highest BCUT2D eigenvalue weighted by molar-refractivity contribution is 7.92. The number of nitriles is 1. The van der Waals surface area contributed by atoms with Crippen molar-refractivity contribution in [2.75, 3.05) is 13.2 Å². The molecule has 0 heterocycles. The van der Waals surface area contributed by atoms with Crippen molar-refractivity contribution in [3.8, 4) is 6.07 Å². The Labute approximate surface area is 163 Å². The summed E-state index contributed by atoms with van der Waals surface area (Å²) in [6, 6.07) is 15.2. The molecule has 0 amide bonds. The normalized spacial score (nSPS) is 24.8. The van der Waals surface area contributed by atoms with Crippen molar-refractivity contribution in [2.24, 2.45) is 5.41 Å². The van der Waals surface area contributed by atoms with Gasteiger partial charge < -0.3 is 4.74 Å². The SMILES string of the molecule is CCOC[C@]1(C#N)[C@@H](c2cccc(Cl)c2)[C@@H]1S(=O)(=O)c1ccc(Cl)cc1. The van der Waals surface area contributed by atoms with E-state index >= 15 is 0 Å². The van der Waals surface area contributed by atoms with E-state index in [9.17, 15) is 13.7 Å². The lowest BCUT2D eigenvalue weighted by Crippen LogP contribution is -2.19. The van der Waals surface area contributed by atoms with Crippen LogP contribution < -0.4 is 0 Å². The standard InChI is InChI=1S/C19H17Cl2NO3S/c1-2-25-12-19(11-22)17(13-4-3-5-15(21)10-13)18(19)26(23,24)16-8-6-14(20)7-9-16/h3-10,17-18H,2,12H2,1H3/t17-,18-,19+/m0/s1. The van der Waals surface area contributed by atoms with E-state index in [1.54, 1.807) is 24.3 Å². The van der Waals surface area contributed by atoms with Gasteiger partial charge in [-0.15, -0.1) is 0 Å². The van der Waals surface area contributed by atoms with Gasteiger partial charge in [-0.2, -0.15) is 5.26 Å². The molecule has 0 N–H and O–H groups in total. The Morgan fingerprint density at radius 2 is 1.85 bits per heavy atom. The second-order valence-corrected chi connectivity index (χ2v) is 9.18. The quantitative estimate of drug-likeness (QED) is 0.704. The second-order valence-electron chi connectivity index (χ2n) is 6.24. The van der Waals surface area contributed by atoms with Crippen LogP contribution in [0, 0.1) is 16.7 Å². The number of nitrogens with zero attached hydrogens (tertiary/aromatic N) is 1. The van der Waals surface area contributed by atoms with Crippen LogP contribution in [0.3, 0.4) is 0 Å². The van der Waals surface area contributed by atoms with Crippen molar-refractivity contribution < 1.29 is 13.2 Å². The topological polar surface area (TPSA) is 67.2 Å². The third kappa shape index (κ3) is 3.23. The molecule has 4 nitrogen and oxygen atoms in total. The van der Waals surface area contributed by atoms with E-state index in [1.165, 1.54) is 24.3 Å². The zero-order chi connectivity index (χ0) is 18.9. The third-order valence-electron chi connectivity index (χ3n) is 4.69. The summed E-state index contributed by atoms with van der Waals surface area (Å²) >= 11 is 11.9. The fourth-order valence-electron chi connectivity index (χ4n) is 3.41. The Morgan fingerprint density at radius 1 is 1.15 bits per heavy atom. The summed E-state index contributed by atoms with van der Waals surface area (Å²) in [5.41, 5.74) is -0.416. The zero-order valence-corrected chi connectivity index (χ0v) is 16.4. The molecule has 7 heteroatoms. The molecule has 2 aromatic rings. The summed E-state index contributed by atoms with van der Waals surface area (Å²) in [4.78, 5) is 0.146. The molecular weight excluding hydrogens is 393 g/mol. The van der Waals surface area contributed by atoms with Crippen LogP contribution in [0.4, 0.5) is 0 Å². The molecule has 136 valence electrons. The Balaban J connectivity index is 2.07. The summed E-state index contributed by atoms with van der Waals surface area (Å²) in [6.07, 6.45) is 0. The maximum atomic E-state index is 13.2. The molecule has 0 aliphatic heterocycles. The van der Waals surface area contributed by atoms with Crippen molar-refractivity contribution in [1.29, 1.82) is 5.26 Å². The number of sulfone groups is 1. The Hall–Kier alpha value is -1.58. The van der Waals surface area contributed by atoms with Crippen LogP contribution in [0.5, 0.6) is 0 Å². The van der Waals surface area contributed by atoms with E-state index in [2.05, 4.69) is 6.07 Å². The molecule has 0 aromatic heterocycles. The molecule has 26 heavy (non-hydrogen) atoms. The van der Waals surface area contributed by atoms with Gasteiger partial charge in [-0.3, -0.25) is 0 Å². The van der Waals surface area contributed by atoms with Gasteiger partial charge >= 0.3 is 0 Å². The molecule has 1 saturated carbocycles. The molecule has 3 rings (SSSR count). The molecule has 1 aliphatic rings. The Morgan fingerprint density at radius 3 is 2.42 bits per heavy atom. The van der Waals surface area contributed by atoms with Gasteiger partial charge in [0, 0.05) is 22.6 Å². The zero-order valence-electron chi connectivity index (χ0n) is 14.0. The summed E-state index contributed by atoms with van der Waals surface area (Å²) in [5.74, 6) is -0.501. The van der Waals surface area contributed by atoms with Crippen molar-refractivity contribution >= 4 is 33.0 Å². The van der Waals surface area contributed by atoms with E-state index in [4.69, 9.17) is 27.9 Å². The van der Waals surface area contributed by atoms with Crippen LogP contribution >= 0.6 is 23.2 Å². The molecule has 1 aliphatic carbocycles. The minimum Gasteiger partial charge on any atom is -0.380 e. The van der Waals surface area contributed by atoms with Gasteiger partial charge in [-0.25, -0.2) is 8.42 Å². The fourth-order valence-corrected chi connectivity index (χ4v) is 6.05. The summed E-state index contributed by atoms with van der Waals surface area (Å²) < 4.78 is 31.9. The monoisotopic (exact) mass is 409 g/mol. The molecule has 0 unspecified atom stereocenters. The van der Waals surface area contributed by atoms with Gasteiger partial charge in [0.05, 0.1) is 22.8 Å². The van der Waals surface area contributed by atoms with Crippen LogP contribution in [0.2, 0.25) is 10.0 Å². The molecule has 0 radical (unpaired) electrons. The number of halogens is 2. The second kappa shape index (κ2) is 7.21. The van der Waals surface area contributed by atoms with E-state index in [1.807, 2.05) is 6.92 Å². The molecule has 1 fully saturated rings. The first kappa shape index (κ1) is 19.2. The van der Waals surface area contributed by atoms with Crippen LogP contribution in [0.15, 0.2) is 53.4 Å². The number of hydrogen-bond donors (Lipinski definition) is 0. The first-order chi connectivity index (χ1) is 12.4. The van der Waals surface area contributed by atoms with E-state index in [0.29, 0.717) is 16.7 Å². The highest BCUT2D eigenvalue weighted by Crippen LogP contribution is 2.64. The van der Waals surface area contributed by atoms with Crippen molar-refractivity contribution in [2.45, 2.75) is 23.0 Å². The van der Waals surface area contributed by atoms with Gasteiger partial charge in [-0.1, -0.05) is 35.3 Å². The molecular formula is C19H17Cl2NO3S. The van der Waals surface area contributed by atoms with Gasteiger partial charge in [-0.05, 0) is 48.9 Å². The van der Waals surface area contributed by atoms with Crippen LogP contribution in [0.25, 0.3) is 0 Å². The average molecular weight is 410 g/mol. The summed E-state index contributed by atoms with van der Waals surface area (Å²) in [5, 5.41) is 9.91. The number of benzene rings is 2. The minimum atomic E-state index is -3.75. The number of hydrogen-bond acceptors (Lipinski definition) is 4. The van der Waals surface area contributed by atoms with Gasteiger partial charge in [0.15, 0.2) is 9.84 Å². The largest absolute Gasteiger partial charge is 0.380 e. The summed E-state index contributed by atoms with van der Waals surface area (Å²) in [7, 11) is -3.75. The first-order valence-electron chi connectivity index (χ1n) is 8.10. The predicted molar refractivity (Wildman–Crippen MR) is 101 cm³/mol. The lowest BCUT2D eigenvalue weighted by molar-refractivity contribution is 0.117. The van der Waals surface area contributed by atoms with Crippen LogP contribution in [-0.4, -0.2) is 26.9 Å². The van der Waals surface area contributed by atoms with E-state index in [-0.39, 0.29) is 11.5 Å². The van der Waals surface area contributed by atoms with Crippen LogP contribution in [0.1, 0.15) is 18.4 Å². The fraction of sp³-hybridized carbons (Fsp3) is 0.316. The minimum absolute atomic E-state index is 0.0503. The first-order valence-corrected chi connectivity index (χ1v) is 10.4. The van der Waals surface area contributed by atoms with Crippen molar-refractivity contribution in [3.05, 3.63) is 64.1 Å². The van der Waals surface area contributed by atoms with Gasteiger partial charge in [0.25, 0.3) is 0 Å². The smallest absolute Gasteiger partial charge is 0.183 e. The highest BCUT2D eigenvalue weighted by Gasteiger charge is 2.72. The third-order valence-corrected chi connectivity index (χ3v) is 7.47. The molecule has 0 bridgehead atoms. The lowest BCUT2D eigenvalue weighted by Gasteiger charge is -2.10. The summed E-state index contributed by atoms with van der Waals surface area (Å²) in [6.45, 7) is 2.26. The number of ether oxygens (including phenoxy) is 1. The van der Waals surface area contributed by atoms with E-state index in [0.717, 1.165) is 5.56 Å². The Bertz CT molecular complexity index is 953.